The third-order valence-corrected chi connectivity index (χ3v) is 4.17. The zero-order valence-electron chi connectivity index (χ0n) is 12.6. The minimum absolute atomic E-state index is 0.0939. The van der Waals surface area contributed by atoms with Gasteiger partial charge in [-0.25, -0.2) is 0 Å². The van der Waals surface area contributed by atoms with E-state index in [9.17, 15) is 0 Å². The molecule has 0 amide bonds. The molecule has 0 radical (unpaired) electrons. The molecular weight excluding hydrogens is 352 g/mol. The zero-order valence-corrected chi connectivity index (χ0v) is 14.2. The topological polar surface area (TPSA) is 46.2 Å². The molecule has 2 heterocycles. The van der Waals surface area contributed by atoms with Crippen molar-refractivity contribution in [1.29, 1.82) is 0 Å². The fourth-order valence-corrected chi connectivity index (χ4v) is 2.62. The lowest BCUT2D eigenvalue weighted by Gasteiger charge is -2.39. The van der Waals surface area contributed by atoms with E-state index in [2.05, 4.69) is 15.9 Å². The molecule has 2 fully saturated rings. The van der Waals surface area contributed by atoms with Crippen molar-refractivity contribution in [2.24, 2.45) is 0 Å². The van der Waals surface area contributed by atoms with Crippen molar-refractivity contribution < 1.29 is 23.7 Å². The normalized spacial score (nSPS) is 29.1. The van der Waals surface area contributed by atoms with E-state index < -0.39 is 5.60 Å². The largest absolute Gasteiger partial charge is 0.491 e. The molecule has 3 rings (SSSR count). The first-order valence-electron chi connectivity index (χ1n) is 7.46. The van der Waals surface area contributed by atoms with Crippen molar-refractivity contribution in [2.75, 3.05) is 39.6 Å². The van der Waals surface area contributed by atoms with Gasteiger partial charge >= 0.3 is 0 Å². The molecule has 6 heteroatoms. The molecule has 0 aromatic heterocycles. The van der Waals surface area contributed by atoms with Crippen molar-refractivity contribution in [3.63, 3.8) is 0 Å². The molecule has 1 aromatic rings. The second-order valence-electron chi connectivity index (χ2n) is 5.94. The molecule has 5 nitrogen and oxygen atoms in total. The molecule has 22 heavy (non-hydrogen) atoms. The number of rotatable bonds is 6. The molecular formula is C16H21BrO5. The van der Waals surface area contributed by atoms with Crippen LogP contribution >= 0.6 is 15.9 Å². The Kier molecular flexibility index (Phi) is 5.36. The SMILES string of the molecule is C[C@]1(COC2COC2)COC[C@@H](COc2ccc(Br)cc2)O1. The van der Waals surface area contributed by atoms with Gasteiger partial charge in [0.1, 0.15) is 30.2 Å². The molecule has 2 aliphatic heterocycles. The van der Waals surface area contributed by atoms with Gasteiger partial charge in [0.2, 0.25) is 0 Å². The lowest BCUT2D eigenvalue weighted by Crippen LogP contribution is -2.52. The fraction of sp³-hybridized carbons (Fsp3) is 0.625. The Hall–Kier alpha value is -0.660. The van der Waals surface area contributed by atoms with Crippen LogP contribution in [0.2, 0.25) is 0 Å². The standard InChI is InChI=1S/C16H21BrO5/c1-16(11-21-14-6-18-7-14)10-19-8-15(22-16)9-20-13-4-2-12(17)3-5-13/h2-5,14-15H,6-11H2,1H3/t15-,16+/m0/s1. The van der Waals surface area contributed by atoms with Crippen LogP contribution in [-0.4, -0.2) is 57.5 Å². The Labute approximate surface area is 139 Å². The molecule has 0 spiro atoms. The first kappa shape index (κ1) is 16.2. The van der Waals surface area contributed by atoms with Crippen LogP contribution in [0.4, 0.5) is 0 Å². The van der Waals surface area contributed by atoms with E-state index in [1.807, 2.05) is 31.2 Å². The summed E-state index contributed by atoms with van der Waals surface area (Å²) in [7, 11) is 0. The maximum absolute atomic E-state index is 6.11. The van der Waals surface area contributed by atoms with Gasteiger partial charge in [-0.2, -0.15) is 0 Å². The maximum Gasteiger partial charge on any atom is 0.119 e. The minimum Gasteiger partial charge on any atom is -0.491 e. The van der Waals surface area contributed by atoms with Crippen LogP contribution in [0.15, 0.2) is 28.7 Å². The molecule has 0 bridgehead atoms. The van der Waals surface area contributed by atoms with Crippen LogP contribution in [0.3, 0.4) is 0 Å². The molecule has 122 valence electrons. The second kappa shape index (κ2) is 7.27. The van der Waals surface area contributed by atoms with Crippen LogP contribution in [0.5, 0.6) is 5.75 Å². The summed E-state index contributed by atoms with van der Waals surface area (Å²) in [6.07, 6.45) is 0.100. The average Bonchev–Trinajstić information content (AvgIpc) is 2.45. The summed E-state index contributed by atoms with van der Waals surface area (Å²) < 4.78 is 29.4. The summed E-state index contributed by atoms with van der Waals surface area (Å²) in [4.78, 5) is 0. The summed E-state index contributed by atoms with van der Waals surface area (Å²) in [6.45, 7) is 5.41. The Morgan fingerprint density at radius 3 is 2.64 bits per heavy atom. The molecule has 0 N–H and O–H groups in total. The van der Waals surface area contributed by atoms with Crippen molar-refractivity contribution in [2.45, 2.75) is 24.7 Å². The van der Waals surface area contributed by atoms with Gasteiger partial charge in [-0.15, -0.1) is 0 Å². The first-order valence-corrected chi connectivity index (χ1v) is 8.26. The summed E-state index contributed by atoms with van der Waals surface area (Å²) in [5.74, 6) is 0.821. The van der Waals surface area contributed by atoms with Gasteiger partial charge in [0.05, 0.1) is 33.0 Å². The predicted molar refractivity (Wildman–Crippen MR) is 84.3 cm³/mol. The molecule has 2 atom stereocenters. The van der Waals surface area contributed by atoms with Gasteiger partial charge in [0.15, 0.2) is 0 Å². The second-order valence-corrected chi connectivity index (χ2v) is 6.86. The quantitative estimate of drug-likeness (QED) is 0.767. The van der Waals surface area contributed by atoms with Crippen LogP contribution < -0.4 is 4.74 Å². The number of benzene rings is 1. The summed E-state index contributed by atoms with van der Waals surface area (Å²) in [5.41, 5.74) is -0.429. The van der Waals surface area contributed by atoms with E-state index in [4.69, 9.17) is 23.7 Å². The molecule has 0 aliphatic carbocycles. The number of hydrogen-bond donors (Lipinski definition) is 0. The van der Waals surface area contributed by atoms with Gasteiger partial charge < -0.3 is 23.7 Å². The molecule has 0 saturated carbocycles. The smallest absolute Gasteiger partial charge is 0.119 e. The Bertz CT molecular complexity index is 476. The molecule has 2 saturated heterocycles. The van der Waals surface area contributed by atoms with E-state index in [0.29, 0.717) is 39.6 Å². The molecule has 0 unspecified atom stereocenters. The van der Waals surface area contributed by atoms with E-state index >= 15 is 0 Å². The summed E-state index contributed by atoms with van der Waals surface area (Å²) in [5, 5.41) is 0. The Balaban J connectivity index is 1.45. The van der Waals surface area contributed by atoms with Gasteiger partial charge in [-0.1, -0.05) is 15.9 Å². The highest BCUT2D eigenvalue weighted by Gasteiger charge is 2.36. The lowest BCUT2D eigenvalue weighted by molar-refractivity contribution is -0.235. The number of hydrogen-bond acceptors (Lipinski definition) is 5. The van der Waals surface area contributed by atoms with Crippen molar-refractivity contribution in [3.05, 3.63) is 28.7 Å². The van der Waals surface area contributed by atoms with E-state index in [-0.39, 0.29) is 12.2 Å². The van der Waals surface area contributed by atoms with Crippen LogP contribution in [0.25, 0.3) is 0 Å². The monoisotopic (exact) mass is 372 g/mol. The average molecular weight is 373 g/mol. The number of halogens is 1. The maximum atomic E-state index is 6.11. The van der Waals surface area contributed by atoms with Crippen LogP contribution in [0.1, 0.15) is 6.92 Å². The van der Waals surface area contributed by atoms with Gasteiger partial charge in [-0.05, 0) is 31.2 Å². The highest BCUT2D eigenvalue weighted by molar-refractivity contribution is 9.10. The van der Waals surface area contributed by atoms with Crippen LogP contribution in [0, 0.1) is 0 Å². The van der Waals surface area contributed by atoms with Gasteiger partial charge in [0, 0.05) is 4.47 Å². The molecule has 2 aliphatic rings. The van der Waals surface area contributed by atoms with Crippen molar-refractivity contribution >= 4 is 15.9 Å². The highest BCUT2D eigenvalue weighted by Crippen LogP contribution is 2.23. The van der Waals surface area contributed by atoms with E-state index in [1.165, 1.54) is 0 Å². The third-order valence-electron chi connectivity index (χ3n) is 3.64. The van der Waals surface area contributed by atoms with E-state index in [1.54, 1.807) is 0 Å². The predicted octanol–water partition coefficient (Wildman–Crippen LogP) is 2.42. The summed E-state index contributed by atoms with van der Waals surface area (Å²) >= 11 is 3.40. The summed E-state index contributed by atoms with van der Waals surface area (Å²) in [6, 6.07) is 7.75. The van der Waals surface area contributed by atoms with Crippen molar-refractivity contribution in [1.82, 2.24) is 0 Å². The number of ether oxygens (including phenoxy) is 5. The van der Waals surface area contributed by atoms with Crippen molar-refractivity contribution in [3.8, 4) is 5.75 Å². The lowest BCUT2D eigenvalue weighted by atomic mass is 10.1. The zero-order chi connectivity index (χ0) is 15.4. The highest BCUT2D eigenvalue weighted by atomic mass is 79.9. The van der Waals surface area contributed by atoms with E-state index in [0.717, 1.165) is 10.2 Å². The molecule has 1 aromatic carbocycles. The fourth-order valence-electron chi connectivity index (χ4n) is 2.36. The minimum atomic E-state index is -0.429. The van der Waals surface area contributed by atoms with Gasteiger partial charge in [-0.3, -0.25) is 0 Å². The first-order chi connectivity index (χ1) is 10.6. The van der Waals surface area contributed by atoms with Gasteiger partial charge in [0.25, 0.3) is 0 Å². The third kappa shape index (κ3) is 4.43. The Morgan fingerprint density at radius 2 is 1.95 bits per heavy atom. The Morgan fingerprint density at radius 1 is 1.18 bits per heavy atom. The van der Waals surface area contributed by atoms with Crippen LogP contribution in [-0.2, 0) is 18.9 Å².